The highest BCUT2D eigenvalue weighted by molar-refractivity contribution is 6.46. The van der Waals surface area contributed by atoms with Crippen LogP contribution in [0.4, 0.5) is 0 Å². The van der Waals surface area contributed by atoms with Crippen molar-refractivity contribution in [1.82, 2.24) is 0 Å². The summed E-state index contributed by atoms with van der Waals surface area (Å²) in [5, 5.41) is 7.57. The maximum absolute atomic E-state index is 7.57. The molecule has 6 nitrogen and oxygen atoms in total. The van der Waals surface area contributed by atoms with Crippen molar-refractivity contribution in [1.29, 1.82) is 0 Å². The molecule has 0 amide bonds. The van der Waals surface area contributed by atoms with Crippen LogP contribution in [0.3, 0.4) is 0 Å². The highest BCUT2D eigenvalue weighted by atomic mass is 28.4. The SMILES string of the molecule is CCCCCN.CCO.O[Si](O)(O)O. The lowest BCUT2D eigenvalue weighted by Gasteiger charge is -1.91. The Morgan fingerprint density at radius 3 is 1.36 bits per heavy atom. The molecule has 0 fully saturated rings. The molecule has 0 unspecified atom stereocenters. The predicted molar refractivity (Wildman–Crippen MR) is 56.0 cm³/mol. The molecule has 14 heavy (non-hydrogen) atoms. The molecule has 90 valence electrons. The van der Waals surface area contributed by atoms with Crippen molar-refractivity contribution in [3.8, 4) is 0 Å². The fraction of sp³-hybridized carbons (Fsp3) is 1.00. The molecule has 0 atom stereocenters. The highest BCUT2D eigenvalue weighted by Crippen LogP contribution is 1.88. The van der Waals surface area contributed by atoms with Gasteiger partial charge in [-0.15, -0.1) is 0 Å². The lowest BCUT2D eigenvalue weighted by atomic mass is 10.3. The number of aliphatic hydroxyl groups is 1. The van der Waals surface area contributed by atoms with E-state index < -0.39 is 9.05 Å². The molecule has 0 bridgehead atoms. The Balaban J connectivity index is -0.000000138. The summed E-state index contributed by atoms with van der Waals surface area (Å²) >= 11 is 0. The maximum Gasteiger partial charge on any atom is 0.668 e. The monoisotopic (exact) mass is 229 g/mol. The van der Waals surface area contributed by atoms with Crippen LogP contribution in [0, 0.1) is 0 Å². The number of hydrogen-bond acceptors (Lipinski definition) is 6. The normalized spacial score (nSPS) is 9.43. The Morgan fingerprint density at radius 1 is 1.00 bits per heavy atom. The standard InChI is InChI=1S/C5H13N.C2H6O.H4O4Si/c1-2-3-4-5-6;1-2-3;1-5(2,3)4/h2-6H2,1H3;3H,2H2,1H3;1-4H. The molecule has 0 saturated heterocycles. The first-order valence-electron chi connectivity index (χ1n) is 4.53. The number of rotatable bonds is 3. The van der Waals surface area contributed by atoms with Crippen LogP contribution >= 0.6 is 0 Å². The van der Waals surface area contributed by atoms with Gasteiger partial charge in [0.25, 0.3) is 0 Å². The van der Waals surface area contributed by atoms with E-state index in [1.807, 2.05) is 0 Å². The third kappa shape index (κ3) is 163. The first kappa shape index (κ1) is 19.5. The van der Waals surface area contributed by atoms with Crippen LogP contribution in [0.25, 0.3) is 0 Å². The molecule has 0 aliphatic rings. The van der Waals surface area contributed by atoms with Crippen LogP contribution in [0.5, 0.6) is 0 Å². The van der Waals surface area contributed by atoms with Gasteiger partial charge in [0, 0.05) is 6.61 Å². The summed E-state index contributed by atoms with van der Waals surface area (Å²) in [6.07, 6.45) is 3.75. The van der Waals surface area contributed by atoms with Gasteiger partial charge >= 0.3 is 9.05 Å². The van der Waals surface area contributed by atoms with Crippen LogP contribution in [-0.2, 0) is 0 Å². The van der Waals surface area contributed by atoms with Crippen molar-refractivity contribution in [3.05, 3.63) is 0 Å². The van der Waals surface area contributed by atoms with E-state index in [1.54, 1.807) is 6.92 Å². The van der Waals surface area contributed by atoms with Crippen molar-refractivity contribution in [3.63, 3.8) is 0 Å². The van der Waals surface area contributed by atoms with E-state index in [1.165, 1.54) is 19.3 Å². The minimum Gasteiger partial charge on any atom is -0.397 e. The van der Waals surface area contributed by atoms with Crippen LogP contribution < -0.4 is 5.73 Å². The second kappa shape index (κ2) is 15.4. The Kier molecular flexibility index (Phi) is 21.6. The molecule has 0 heterocycles. The number of unbranched alkanes of at least 4 members (excludes halogenated alkanes) is 2. The number of aliphatic hydroxyl groups excluding tert-OH is 1. The van der Waals surface area contributed by atoms with Crippen LogP contribution in [0.2, 0.25) is 0 Å². The molecule has 0 spiro atoms. The van der Waals surface area contributed by atoms with E-state index in [-0.39, 0.29) is 6.61 Å². The lowest BCUT2D eigenvalue weighted by molar-refractivity contribution is 0.117. The molecule has 0 aromatic heterocycles. The fourth-order valence-electron chi connectivity index (χ4n) is 0.394. The van der Waals surface area contributed by atoms with Gasteiger partial charge < -0.3 is 30.0 Å². The van der Waals surface area contributed by atoms with Crippen molar-refractivity contribution >= 4 is 9.05 Å². The van der Waals surface area contributed by atoms with Crippen molar-refractivity contribution in [2.24, 2.45) is 5.73 Å². The van der Waals surface area contributed by atoms with Gasteiger partial charge in [0.2, 0.25) is 0 Å². The molecular formula is C7H23NO5Si. The molecular weight excluding hydrogens is 206 g/mol. The molecule has 7 N–H and O–H groups in total. The summed E-state index contributed by atoms with van der Waals surface area (Å²) in [6, 6.07) is 0. The minimum absolute atomic E-state index is 0.250. The molecule has 0 saturated carbocycles. The first-order chi connectivity index (χ1) is 6.33. The first-order valence-corrected chi connectivity index (χ1v) is 6.32. The molecule has 0 rings (SSSR count). The lowest BCUT2D eigenvalue weighted by Crippen LogP contribution is -2.33. The molecule has 7 heteroatoms. The third-order valence-corrected chi connectivity index (χ3v) is 0.808. The summed E-state index contributed by atoms with van der Waals surface area (Å²) in [7, 11) is -4.61. The summed E-state index contributed by atoms with van der Waals surface area (Å²) < 4.78 is 0. The molecule has 0 aromatic rings. The van der Waals surface area contributed by atoms with Crippen molar-refractivity contribution in [2.75, 3.05) is 13.2 Å². The van der Waals surface area contributed by atoms with Crippen molar-refractivity contribution < 1.29 is 24.3 Å². The summed E-state index contributed by atoms with van der Waals surface area (Å²) in [4.78, 5) is 29.3. The molecule has 0 radical (unpaired) electrons. The summed E-state index contributed by atoms with van der Waals surface area (Å²) in [5.74, 6) is 0. The zero-order valence-electron chi connectivity index (χ0n) is 8.85. The quantitative estimate of drug-likeness (QED) is 0.259. The Bertz CT molecular complexity index is 78.6. The van der Waals surface area contributed by atoms with E-state index in [9.17, 15) is 0 Å². The van der Waals surface area contributed by atoms with E-state index in [4.69, 9.17) is 30.0 Å². The van der Waals surface area contributed by atoms with E-state index >= 15 is 0 Å². The Labute approximate surface area is 86.1 Å². The van der Waals surface area contributed by atoms with Gasteiger partial charge in [-0.25, -0.2) is 0 Å². The summed E-state index contributed by atoms with van der Waals surface area (Å²) in [6.45, 7) is 4.96. The second-order valence-corrected chi connectivity index (χ2v) is 3.61. The minimum atomic E-state index is -4.61. The zero-order valence-corrected chi connectivity index (χ0v) is 9.85. The average Bonchev–Trinajstić information content (AvgIpc) is 1.99. The molecule has 0 aliphatic carbocycles. The fourth-order valence-corrected chi connectivity index (χ4v) is 0.394. The van der Waals surface area contributed by atoms with Crippen LogP contribution in [-0.4, -0.2) is 46.5 Å². The highest BCUT2D eigenvalue weighted by Gasteiger charge is 2.22. The average molecular weight is 229 g/mol. The van der Waals surface area contributed by atoms with E-state index in [0.717, 1.165) is 6.54 Å². The predicted octanol–water partition coefficient (Wildman–Crippen LogP) is -1.47. The Hall–Kier alpha value is -0.0231. The van der Waals surface area contributed by atoms with Gasteiger partial charge in [-0.05, 0) is 19.9 Å². The largest absolute Gasteiger partial charge is 0.668 e. The molecule has 0 aliphatic heterocycles. The van der Waals surface area contributed by atoms with E-state index in [0.29, 0.717) is 0 Å². The van der Waals surface area contributed by atoms with Gasteiger partial charge in [-0.2, -0.15) is 0 Å². The van der Waals surface area contributed by atoms with Crippen LogP contribution in [0.1, 0.15) is 33.1 Å². The van der Waals surface area contributed by atoms with E-state index in [2.05, 4.69) is 6.92 Å². The molecule has 0 aromatic carbocycles. The smallest absolute Gasteiger partial charge is 0.397 e. The number of nitrogens with two attached hydrogens (primary N) is 1. The van der Waals surface area contributed by atoms with Gasteiger partial charge in [0.15, 0.2) is 0 Å². The summed E-state index contributed by atoms with van der Waals surface area (Å²) in [5.41, 5.74) is 5.21. The van der Waals surface area contributed by atoms with Gasteiger partial charge in [0.1, 0.15) is 0 Å². The van der Waals surface area contributed by atoms with Gasteiger partial charge in [-0.1, -0.05) is 19.8 Å². The Morgan fingerprint density at radius 2 is 1.29 bits per heavy atom. The second-order valence-electron chi connectivity index (χ2n) is 2.41. The zero-order chi connectivity index (χ0) is 12.0. The van der Waals surface area contributed by atoms with Crippen LogP contribution in [0.15, 0.2) is 0 Å². The third-order valence-electron chi connectivity index (χ3n) is 0.808. The topological polar surface area (TPSA) is 127 Å². The van der Waals surface area contributed by atoms with Gasteiger partial charge in [-0.3, -0.25) is 0 Å². The maximum atomic E-state index is 7.57. The number of hydrogen-bond donors (Lipinski definition) is 6. The van der Waals surface area contributed by atoms with Gasteiger partial charge in [0.05, 0.1) is 0 Å². The van der Waals surface area contributed by atoms with Crippen molar-refractivity contribution in [2.45, 2.75) is 33.1 Å².